The molecule has 0 atom stereocenters. The minimum atomic E-state index is -0.638. The molecule has 0 saturated heterocycles. The zero-order valence-corrected chi connectivity index (χ0v) is 9.19. The second-order valence-electron chi connectivity index (χ2n) is 3.10. The molecule has 0 rings (SSSR count). The van der Waals surface area contributed by atoms with E-state index in [1.54, 1.807) is 6.92 Å². The first-order valence-electron chi connectivity index (χ1n) is 5.13. The van der Waals surface area contributed by atoms with Gasteiger partial charge < -0.3 is 4.74 Å². The topological polar surface area (TPSA) is 69.4 Å². The predicted molar refractivity (Wildman–Crippen MR) is 55.9 cm³/mol. The van der Waals surface area contributed by atoms with E-state index in [-0.39, 0.29) is 12.3 Å². The fourth-order valence-corrected chi connectivity index (χ4v) is 1.09. The fourth-order valence-electron chi connectivity index (χ4n) is 1.09. The molecule has 0 radical (unpaired) electrons. The van der Waals surface area contributed by atoms with E-state index in [2.05, 4.69) is 4.74 Å². The van der Waals surface area contributed by atoms with Crippen LogP contribution in [-0.4, -0.2) is 17.5 Å². The van der Waals surface area contributed by atoms with Crippen LogP contribution < -0.4 is 0 Å². The second kappa shape index (κ2) is 7.96. The van der Waals surface area contributed by atoms with Crippen LogP contribution in [0.5, 0.6) is 0 Å². The van der Waals surface area contributed by atoms with Gasteiger partial charge in [0.05, 0.1) is 17.6 Å². The third kappa shape index (κ3) is 6.65. The van der Waals surface area contributed by atoms with E-state index in [4.69, 9.17) is 0 Å². The average molecular weight is 215 g/mol. The molecule has 0 aromatic rings. The largest absolute Gasteiger partial charge is 0.463 e. The first-order chi connectivity index (χ1) is 7.11. The summed E-state index contributed by atoms with van der Waals surface area (Å²) in [4.78, 5) is 21.0. The van der Waals surface area contributed by atoms with Crippen molar-refractivity contribution in [2.45, 2.75) is 39.5 Å². The summed E-state index contributed by atoms with van der Waals surface area (Å²) < 4.78 is 4.61. The van der Waals surface area contributed by atoms with Gasteiger partial charge in [0.1, 0.15) is 0 Å². The van der Waals surface area contributed by atoms with Gasteiger partial charge in [-0.15, -0.1) is 0 Å². The molecule has 0 N–H and O–H groups in total. The lowest BCUT2D eigenvalue weighted by atomic mass is 10.1. The number of nitrogens with zero attached hydrogens (tertiary/aromatic N) is 1. The molecule has 0 bridgehead atoms. The summed E-state index contributed by atoms with van der Waals surface area (Å²) in [7, 11) is 0. The Morgan fingerprint density at radius 3 is 2.53 bits per heavy atom. The van der Waals surface area contributed by atoms with Crippen LogP contribution >= 0.6 is 0 Å². The van der Waals surface area contributed by atoms with Crippen LogP contribution in [0.15, 0.2) is 11.8 Å². The molecular weight excluding hydrogens is 198 g/mol. The molecule has 0 aliphatic heterocycles. The highest BCUT2D eigenvalue weighted by atomic mass is 16.6. The van der Waals surface area contributed by atoms with E-state index in [0.29, 0.717) is 6.42 Å². The number of carbonyl (C=O) groups excluding carboxylic acids is 1. The van der Waals surface area contributed by atoms with Crippen LogP contribution in [0.4, 0.5) is 0 Å². The lowest BCUT2D eigenvalue weighted by Gasteiger charge is -1.99. The van der Waals surface area contributed by atoms with Gasteiger partial charge in [-0.05, 0) is 13.3 Å². The van der Waals surface area contributed by atoms with Crippen molar-refractivity contribution in [2.24, 2.45) is 0 Å². The van der Waals surface area contributed by atoms with Crippen LogP contribution in [0.1, 0.15) is 39.5 Å². The minimum Gasteiger partial charge on any atom is -0.463 e. The summed E-state index contributed by atoms with van der Waals surface area (Å²) in [6, 6.07) is 0. The highest BCUT2D eigenvalue weighted by Crippen LogP contribution is 2.09. The Hall–Kier alpha value is -1.39. The van der Waals surface area contributed by atoms with Gasteiger partial charge >= 0.3 is 5.97 Å². The molecule has 0 amide bonds. The number of unbranched alkanes of at least 4 members (excludes halogenated alkanes) is 2. The third-order valence-electron chi connectivity index (χ3n) is 1.84. The van der Waals surface area contributed by atoms with Gasteiger partial charge in [-0.1, -0.05) is 19.8 Å². The second-order valence-corrected chi connectivity index (χ2v) is 3.10. The van der Waals surface area contributed by atoms with Crippen LogP contribution in [0.3, 0.4) is 0 Å². The standard InChI is InChI=1S/C10H17NO4/c1-3-5-6-7-9(11(13)14)8-10(12)15-4-2/h8H,3-7H2,1-2H3/b9-8+. The molecule has 5 nitrogen and oxygen atoms in total. The molecule has 0 unspecified atom stereocenters. The zero-order valence-electron chi connectivity index (χ0n) is 9.19. The molecular formula is C10H17NO4. The van der Waals surface area contributed by atoms with Gasteiger partial charge in [0.15, 0.2) is 0 Å². The Labute approximate surface area is 89.3 Å². The highest BCUT2D eigenvalue weighted by molar-refractivity contribution is 5.82. The maximum Gasteiger partial charge on any atom is 0.337 e. The molecule has 0 aliphatic rings. The number of rotatable bonds is 7. The summed E-state index contributed by atoms with van der Waals surface area (Å²) in [6.45, 7) is 3.91. The van der Waals surface area contributed by atoms with Crippen molar-refractivity contribution in [3.8, 4) is 0 Å². The average Bonchev–Trinajstić information content (AvgIpc) is 2.16. The number of carbonyl (C=O) groups is 1. The van der Waals surface area contributed by atoms with Crippen molar-refractivity contribution < 1.29 is 14.5 Å². The molecule has 0 aromatic carbocycles. The lowest BCUT2D eigenvalue weighted by Crippen LogP contribution is -2.06. The van der Waals surface area contributed by atoms with Gasteiger partial charge in [0.25, 0.3) is 5.70 Å². The number of esters is 1. The number of hydrogen-bond donors (Lipinski definition) is 0. The maximum atomic E-state index is 11.0. The van der Waals surface area contributed by atoms with E-state index in [0.717, 1.165) is 25.3 Å². The van der Waals surface area contributed by atoms with Crippen LogP contribution in [-0.2, 0) is 9.53 Å². The van der Waals surface area contributed by atoms with E-state index < -0.39 is 10.9 Å². The van der Waals surface area contributed by atoms with Gasteiger partial charge in [-0.2, -0.15) is 0 Å². The number of hydrogen-bond acceptors (Lipinski definition) is 4. The van der Waals surface area contributed by atoms with Gasteiger partial charge in [-0.25, -0.2) is 4.79 Å². The highest BCUT2D eigenvalue weighted by Gasteiger charge is 2.13. The molecule has 0 spiro atoms. The van der Waals surface area contributed by atoms with Gasteiger partial charge in [-0.3, -0.25) is 10.1 Å². The summed E-state index contributed by atoms with van der Waals surface area (Å²) in [6.07, 6.45) is 3.93. The van der Waals surface area contributed by atoms with Crippen molar-refractivity contribution in [3.05, 3.63) is 21.9 Å². The predicted octanol–water partition coefficient (Wildman–Crippen LogP) is 2.29. The van der Waals surface area contributed by atoms with E-state index in [1.165, 1.54) is 0 Å². The van der Waals surface area contributed by atoms with E-state index in [1.807, 2.05) is 6.92 Å². The molecule has 5 heteroatoms. The molecule has 0 aromatic heterocycles. The Morgan fingerprint density at radius 1 is 1.40 bits per heavy atom. The van der Waals surface area contributed by atoms with Crippen LogP contribution in [0.2, 0.25) is 0 Å². The van der Waals surface area contributed by atoms with Gasteiger partial charge in [0.2, 0.25) is 0 Å². The Kier molecular flexibility index (Phi) is 7.23. The van der Waals surface area contributed by atoms with Crippen molar-refractivity contribution in [3.63, 3.8) is 0 Å². The molecule has 86 valence electrons. The number of allylic oxidation sites excluding steroid dienone is 1. The summed E-state index contributed by atoms with van der Waals surface area (Å²) in [5, 5.41) is 10.6. The Morgan fingerprint density at radius 2 is 2.07 bits per heavy atom. The molecule has 0 fully saturated rings. The van der Waals surface area contributed by atoms with Crippen LogP contribution in [0, 0.1) is 10.1 Å². The molecule has 0 heterocycles. The monoisotopic (exact) mass is 215 g/mol. The number of ether oxygens (including phenoxy) is 1. The molecule has 15 heavy (non-hydrogen) atoms. The summed E-state index contributed by atoms with van der Waals surface area (Å²) in [5.41, 5.74) is -0.0677. The minimum absolute atomic E-state index is 0.0677. The Balaban J connectivity index is 4.25. The zero-order chi connectivity index (χ0) is 11.7. The molecule has 0 saturated carbocycles. The maximum absolute atomic E-state index is 11.0. The van der Waals surface area contributed by atoms with Crippen molar-refractivity contribution in [1.29, 1.82) is 0 Å². The third-order valence-corrected chi connectivity index (χ3v) is 1.84. The van der Waals surface area contributed by atoms with Crippen molar-refractivity contribution in [2.75, 3.05) is 6.61 Å². The molecule has 0 aliphatic carbocycles. The first-order valence-corrected chi connectivity index (χ1v) is 5.13. The van der Waals surface area contributed by atoms with E-state index in [9.17, 15) is 14.9 Å². The summed E-state index contributed by atoms with van der Waals surface area (Å²) in [5.74, 6) is -0.638. The first kappa shape index (κ1) is 13.6. The fraction of sp³-hybridized carbons (Fsp3) is 0.700. The summed E-state index contributed by atoms with van der Waals surface area (Å²) >= 11 is 0. The smallest absolute Gasteiger partial charge is 0.337 e. The Bertz CT molecular complexity index is 248. The SMILES string of the molecule is CCCCC/C(=C\C(=O)OCC)[N+](=O)[O-]. The van der Waals surface area contributed by atoms with Crippen molar-refractivity contribution >= 4 is 5.97 Å². The van der Waals surface area contributed by atoms with Gasteiger partial charge in [0, 0.05) is 6.42 Å². The van der Waals surface area contributed by atoms with Crippen LogP contribution in [0.25, 0.3) is 0 Å². The van der Waals surface area contributed by atoms with Crippen molar-refractivity contribution in [1.82, 2.24) is 0 Å². The normalized spacial score (nSPS) is 11.2. The van der Waals surface area contributed by atoms with E-state index >= 15 is 0 Å². The lowest BCUT2D eigenvalue weighted by molar-refractivity contribution is -0.428. The number of nitro groups is 1. The quantitative estimate of drug-likeness (QED) is 0.215.